The van der Waals surface area contributed by atoms with E-state index in [4.69, 9.17) is 0 Å². The first-order valence-corrected chi connectivity index (χ1v) is 7.03. The molecule has 5 heteroatoms. The van der Waals surface area contributed by atoms with E-state index in [-0.39, 0.29) is 11.3 Å². The molecule has 0 saturated carbocycles. The van der Waals surface area contributed by atoms with Crippen LogP contribution in [0.25, 0.3) is 16.5 Å². The highest BCUT2D eigenvalue weighted by molar-refractivity contribution is 6.01. The topological polar surface area (TPSA) is 74.2 Å². The number of nitrogens with one attached hydrogen (secondary N) is 2. The molecule has 0 spiro atoms. The summed E-state index contributed by atoms with van der Waals surface area (Å²) in [7, 11) is 0. The monoisotopic (exact) mass is 305 g/mol. The Hall–Kier alpha value is -3.34. The molecule has 0 saturated heterocycles. The van der Waals surface area contributed by atoms with Gasteiger partial charge in [0, 0.05) is 6.20 Å². The molecule has 3 N–H and O–H groups in total. The summed E-state index contributed by atoms with van der Waals surface area (Å²) in [6.07, 6.45) is 1.64. The number of aromatic nitrogens is 1. The van der Waals surface area contributed by atoms with Crippen LogP contribution in [0.15, 0.2) is 67.4 Å². The zero-order valence-corrected chi connectivity index (χ0v) is 12.3. The Morgan fingerprint density at radius 2 is 1.70 bits per heavy atom. The summed E-state index contributed by atoms with van der Waals surface area (Å²) in [6, 6.07) is 16.1. The van der Waals surface area contributed by atoms with Crippen LogP contribution in [0.3, 0.4) is 0 Å². The number of hydrazine groups is 1. The number of pyridine rings is 1. The highest BCUT2D eigenvalue weighted by atomic mass is 16.3. The molecule has 2 aromatic carbocycles. The Balaban J connectivity index is 1.76. The molecule has 0 atom stereocenters. The van der Waals surface area contributed by atoms with Crippen LogP contribution in [0.1, 0.15) is 16.1 Å². The Bertz CT molecular complexity index is 876. The molecule has 3 rings (SSSR count). The van der Waals surface area contributed by atoms with Gasteiger partial charge in [0.05, 0.1) is 17.0 Å². The van der Waals surface area contributed by atoms with Crippen molar-refractivity contribution in [3.8, 4) is 5.75 Å². The SMILES string of the molecule is C=C(NNC(=O)c1cc2ccccc2cc1O)c1ccccn1. The van der Waals surface area contributed by atoms with Crippen LogP contribution in [-0.4, -0.2) is 16.0 Å². The number of fused-ring (bicyclic) bond motifs is 1. The van der Waals surface area contributed by atoms with Gasteiger partial charge in [-0.05, 0) is 35.0 Å². The van der Waals surface area contributed by atoms with Gasteiger partial charge in [-0.15, -0.1) is 0 Å². The average Bonchev–Trinajstić information content (AvgIpc) is 2.59. The number of hydrogen-bond donors (Lipinski definition) is 3. The van der Waals surface area contributed by atoms with Crippen LogP contribution in [0, 0.1) is 0 Å². The van der Waals surface area contributed by atoms with Gasteiger partial charge in [-0.3, -0.25) is 20.6 Å². The van der Waals surface area contributed by atoms with Crippen LogP contribution in [-0.2, 0) is 0 Å². The van der Waals surface area contributed by atoms with Gasteiger partial charge in [-0.2, -0.15) is 0 Å². The molecule has 0 aliphatic carbocycles. The summed E-state index contributed by atoms with van der Waals surface area (Å²) in [5.74, 6) is -0.531. The maximum atomic E-state index is 12.2. The molecule has 3 aromatic rings. The van der Waals surface area contributed by atoms with E-state index in [1.165, 1.54) is 0 Å². The number of carbonyl (C=O) groups is 1. The predicted octanol–water partition coefficient (Wildman–Crippen LogP) is 2.85. The number of nitrogens with zero attached hydrogens (tertiary/aromatic N) is 1. The van der Waals surface area contributed by atoms with E-state index in [0.717, 1.165) is 10.8 Å². The fourth-order valence-electron chi connectivity index (χ4n) is 2.21. The number of aromatic hydroxyl groups is 1. The van der Waals surface area contributed by atoms with E-state index >= 15 is 0 Å². The zero-order valence-electron chi connectivity index (χ0n) is 12.3. The molecule has 0 radical (unpaired) electrons. The molecule has 5 nitrogen and oxygen atoms in total. The molecule has 114 valence electrons. The second-order valence-corrected chi connectivity index (χ2v) is 4.99. The molecule has 0 fully saturated rings. The van der Waals surface area contributed by atoms with Crippen molar-refractivity contribution in [2.24, 2.45) is 0 Å². The number of phenolic OH excluding ortho intramolecular Hbond substituents is 1. The maximum Gasteiger partial charge on any atom is 0.273 e. The first-order valence-electron chi connectivity index (χ1n) is 7.03. The summed E-state index contributed by atoms with van der Waals surface area (Å²) < 4.78 is 0. The Labute approximate surface area is 133 Å². The van der Waals surface area contributed by atoms with Gasteiger partial charge in [0.2, 0.25) is 0 Å². The lowest BCUT2D eigenvalue weighted by Crippen LogP contribution is -2.36. The third kappa shape index (κ3) is 3.13. The quantitative estimate of drug-likeness (QED) is 0.648. The molecular formula is C18H15N3O2. The lowest BCUT2D eigenvalue weighted by molar-refractivity contribution is 0.0940. The third-order valence-electron chi connectivity index (χ3n) is 3.41. The van der Waals surface area contributed by atoms with E-state index in [1.807, 2.05) is 30.3 Å². The van der Waals surface area contributed by atoms with E-state index in [0.29, 0.717) is 11.4 Å². The minimum absolute atomic E-state index is 0.0774. The number of carbonyl (C=O) groups excluding carboxylic acids is 1. The number of rotatable bonds is 4. The molecular weight excluding hydrogens is 290 g/mol. The minimum atomic E-state index is -0.453. The van der Waals surface area contributed by atoms with Crippen molar-refractivity contribution in [3.63, 3.8) is 0 Å². The lowest BCUT2D eigenvalue weighted by Gasteiger charge is -2.12. The third-order valence-corrected chi connectivity index (χ3v) is 3.41. The number of phenols is 1. The maximum absolute atomic E-state index is 12.2. The van der Waals surface area contributed by atoms with Crippen molar-refractivity contribution >= 4 is 22.4 Å². The Kier molecular flexibility index (Phi) is 3.93. The van der Waals surface area contributed by atoms with E-state index in [1.54, 1.807) is 30.5 Å². The first kappa shape index (κ1) is 14.6. The van der Waals surface area contributed by atoms with E-state index < -0.39 is 5.91 Å². The number of hydrogen-bond acceptors (Lipinski definition) is 4. The summed E-state index contributed by atoms with van der Waals surface area (Å²) in [4.78, 5) is 16.4. The molecule has 0 unspecified atom stereocenters. The fourth-order valence-corrected chi connectivity index (χ4v) is 2.21. The van der Waals surface area contributed by atoms with Gasteiger partial charge in [-0.25, -0.2) is 0 Å². The summed E-state index contributed by atoms with van der Waals surface area (Å²) >= 11 is 0. The fraction of sp³-hybridized carbons (Fsp3) is 0. The van der Waals surface area contributed by atoms with Crippen LogP contribution >= 0.6 is 0 Å². The van der Waals surface area contributed by atoms with Crippen molar-refractivity contribution in [2.45, 2.75) is 0 Å². The lowest BCUT2D eigenvalue weighted by atomic mass is 10.1. The first-order chi connectivity index (χ1) is 11.1. The van der Waals surface area contributed by atoms with Crippen LogP contribution in [0.2, 0.25) is 0 Å². The Morgan fingerprint density at radius 3 is 2.39 bits per heavy atom. The number of benzene rings is 2. The standard InChI is InChI=1S/C18H15N3O2/c1-12(16-8-4-5-9-19-16)20-21-18(23)15-10-13-6-2-3-7-14(13)11-17(15)22/h2-11,20,22H,1H2,(H,21,23). The van der Waals surface area contributed by atoms with Crippen molar-refractivity contribution in [1.82, 2.24) is 15.8 Å². The predicted molar refractivity (Wildman–Crippen MR) is 89.5 cm³/mol. The zero-order chi connectivity index (χ0) is 16.2. The van der Waals surface area contributed by atoms with E-state index in [2.05, 4.69) is 22.4 Å². The molecule has 1 amide bonds. The van der Waals surface area contributed by atoms with Gasteiger partial charge >= 0.3 is 0 Å². The second kappa shape index (κ2) is 6.19. The second-order valence-electron chi connectivity index (χ2n) is 4.99. The van der Waals surface area contributed by atoms with Crippen LogP contribution < -0.4 is 10.9 Å². The average molecular weight is 305 g/mol. The van der Waals surface area contributed by atoms with Crippen molar-refractivity contribution < 1.29 is 9.90 Å². The van der Waals surface area contributed by atoms with Crippen molar-refractivity contribution in [1.29, 1.82) is 0 Å². The van der Waals surface area contributed by atoms with Crippen LogP contribution in [0.5, 0.6) is 5.75 Å². The molecule has 0 bridgehead atoms. The number of amides is 1. The van der Waals surface area contributed by atoms with Crippen LogP contribution in [0.4, 0.5) is 0 Å². The smallest absolute Gasteiger partial charge is 0.273 e. The van der Waals surface area contributed by atoms with Gasteiger partial charge in [-0.1, -0.05) is 36.9 Å². The Morgan fingerprint density at radius 1 is 1.00 bits per heavy atom. The van der Waals surface area contributed by atoms with Gasteiger partial charge < -0.3 is 5.11 Å². The molecule has 1 heterocycles. The normalized spacial score (nSPS) is 10.3. The highest BCUT2D eigenvalue weighted by Crippen LogP contribution is 2.24. The summed E-state index contributed by atoms with van der Waals surface area (Å²) in [5.41, 5.74) is 6.48. The minimum Gasteiger partial charge on any atom is -0.507 e. The van der Waals surface area contributed by atoms with Gasteiger partial charge in [0.1, 0.15) is 5.75 Å². The summed E-state index contributed by atoms with van der Waals surface area (Å²) in [5, 5.41) is 11.8. The van der Waals surface area contributed by atoms with Gasteiger partial charge in [0.25, 0.3) is 5.91 Å². The molecule has 23 heavy (non-hydrogen) atoms. The van der Waals surface area contributed by atoms with E-state index in [9.17, 15) is 9.90 Å². The molecule has 0 aliphatic heterocycles. The van der Waals surface area contributed by atoms with Crippen molar-refractivity contribution in [3.05, 3.63) is 78.6 Å². The molecule has 1 aromatic heterocycles. The van der Waals surface area contributed by atoms with Gasteiger partial charge in [0.15, 0.2) is 0 Å². The largest absolute Gasteiger partial charge is 0.507 e. The van der Waals surface area contributed by atoms with Crippen molar-refractivity contribution in [2.75, 3.05) is 0 Å². The summed E-state index contributed by atoms with van der Waals surface area (Å²) in [6.45, 7) is 3.81. The molecule has 0 aliphatic rings. The highest BCUT2D eigenvalue weighted by Gasteiger charge is 2.12.